The number of carbonyl (C=O) groups is 1. The lowest BCUT2D eigenvalue weighted by Crippen LogP contribution is -2.07. The monoisotopic (exact) mass is 243 g/mol. The Morgan fingerprint density at radius 2 is 2.07 bits per heavy atom. The molecule has 0 spiro atoms. The van der Waals surface area contributed by atoms with Gasteiger partial charge in [-0.25, -0.2) is 0 Å². The number of hydrogen-bond donors (Lipinski definition) is 1. The highest BCUT2D eigenvalue weighted by Gasteiger charge is 2.11. The molecule has 0 unspecified atom stereocenters. The van der Waals surface area contributed by atoms with Crippen LogP contribution < -0.4 is 0 Å². The summed E-state index contributed by atoms with van der Waals surface area (Å²) >= 11 is 11.9. The number of benzene rings is 1. The van der Waals surface area contributed by atoms with Gasteiger partial charge in [-0.3, -0.25) is 4.79 Å². The van der Waals surface area contributed by atoms with E-state index < -0.39 is 5.97 Å². The smallest absolute Gasteiger partial charge is 0.323 e. The van der Waals surface area contributed by atoms with Crippen LogP contribution in [0.25, 0.3) is 10.9 Å². The van der Waals surface area contributed by atoms with E-state index in [1.165, 1.54) is 4.57 Å². The molecule has 0 aliphatic carbocycles. The fourth-order valence-electron chi connectivity index (χ4n) is 1.54. The van der Waals surface area contributed by atoms with Gasteiger partial charge < -0.3 is 9.67 Å². The zero-order valence-corrected chi connectivity index (χ0v) is 9.09. The molecule has 1 N–H and O–H groups in total. The van der Waals surface area contributed by atoms with Crippen molar-refractivity contribution in [1.29, 1.82) is 0 Å². The molecular weight excluding hydrogens is 237 g/mol. The van der Waals surface area contributed by atoms with Crippen LogP contribution in [0, 0.1) is 0 Å². The number of rotatable bonds is 2. The SMILES string of the molecule is O=C(O)Cn1cc(Cl)c2cccc(Cl)c21. The molecule has 1 heterocycles. The average Bonchev–Trinajstić information content (AvgIpc) is 2.44. The second-order valence-electron chi connectivity index (χ2n) is 3.13. The van der Waals surface area contributed by atoms with E-state index in [2.05, 4.69) is 0 Å². The van der Waals surface area contributed by atoms with Crippen molar-refractivity contribution in [1.82, 2.24) is 4.57 Å². The maximum atomic E-state index is 10.6. The van der Waals surface area contributed by atoms with Crippen LogP contribution in [-0.4, -0.2) is 15.6 Å². The first-order chi connectivity index (χ1) is 7.09. The van der Waals surface area contributed by atoms with Crippen molar-refractivity contribution in [3.63, 3.8) is 0 Å². The molecule has 0 bridgehead atoms. The largest absolute Gasteiger partial charge is 0.480 e. The van der Waals surface area contributed by atoms with Crippen LogP contribution in [0.1, 0.15) is 0 Å². The van der Waals surface area contributed by atoms with Gasteiger partial charge in [0.1, 0.15) is 6.54 Å². The summed E-state index contributed by atoms with van der Waals surface area (Å²) in [7, 11) is 0. The summed E-state index contributed by atoms with van der Waals surface area (Å²) < 4.78 is 1.53. The van der Waals surface area contributed by atoms with Crippen LogP contribution in [0.3, 0.4) is 0 Å². The lowest BCUT2D eigenvalue weighted by Gasteiger charge is -2.02. The zero-order chi connectivity index (χ0) is 11.0. The van der Waals surface area contributed by atoms with Gasteiger partial charge in [0.15, 0.2) is 0 Å². The third-order valence-corrected chi connectivity index (χ3v) is 2.71. The number of fused-ring (bicyclic) bond motifs is 1. The van der Waals surface area contributed by atoms with Crippen LogP contribution in [0.4, 0.5) is 0 Å². The van der Waals surface area contributed by atoms with Crippen LogP contribution in [-0.2, 0) is 11.3 Å². The minimum absolute atomic E-state index is 0.146. The number of carboxylic acids is 1. The molecule has 1 aromatic heterocycles. The minimum Gasteiger partial charge on any atom is -0.480 e. The quantitative estimate of drug-likeness (QED) is 0.882. The first-order valence-corrected chi connectivity index (χ1v) is 5.00. The molecule has 2 aromatic rings. The average molecular weight is 244 g/mol. The highest BCUT2D eigenvalue weighted by atomic mass is 35.5. The normalized spacial score (nSPS) is 10.8. The molecule has 0 saturated heterocycles. The summed E-state index contributed by atoms with van der Waals surface area (Å²) in [6.45, 7) is -0.146. The van der Waals surface area contributed by atoms with Gasteiger partial charge in [0, 0.05) is 11.6 Å². The molecule has 0 aliphatic heterocycles. The molecular formula is C10H7Cl2NO2. The van der Waals surface area contributed by atoms with Gasteiger partial charge >= 0.3 is 5.97 Å². The molecule has 0 saturated carbocycles. The van der Waals surface area contributed by atoms with Crippen molar-refractivity contribution in [2.75, 3.05) is 0 Å². The number of para-hydroxylation sites is 1. The van der Waals surface area contributed by atoms with Gasteiger partial charge in [0.25, 0.3) is 0 Å². The van der Waals surface area contributed by atoms with Crippen molar-refractivity contribution in [2.45, 2.75) is 6.54 Å². The second kappa shape index (κ2) is 3.76. The summed E-state index contributed by atoms with van der Waals surface area (Å²) in [6, 6.07) is 5.29. The molecule has 0 fully saturated rings. The Bertz CT molecular complexity index is 533. The van der Waals surface area contributed by atoms with Crippen molar-refractivity contribution in [3.8, 4) is 0 Å². The fraction of sp³-hybridized carbons (Fsp3) is 0.100. The first kappa shape index (κ1) is 10.3. The lowest BCUT2D eigenvalue weighted by atomic mass is 10.2. The van der Waals surface area contributed by atoms with E-state index in [4.69, 9.17) is 28.3 Å². The van der Waals surface area contributed by atoms with Gasteiger partial charge in [0.2, 0.25) is 0 Å². The Kier molecular flexibility index (Phi) is 2.59. The summed E-state index contributed by atoms with van der Waals surface area (Å²) in [5.74, 6) is -0.927. The van der Waals surface area contributed by atoms with E-state index in [9.17, 15) is 4.79 Å². The van der Waals surface area contributed by atoms with E-state index in [0.717, 1.165) is 5.39 Å². The van der Waals surface area contributed by atoms with Gasteiger partial charge in [0.05, 0.1) is 15.6 Å². The number of carboxylic acid groups (broad SMARTS) is 1. The Morgan fingerprint density at radius 3 is 2.73 bits per heavy atom. The lowest BCUT2D eigenvalue weighted by molar-refractivity contribution is -0.137. The molecule has 15 heavy (non-hydrogen) atoms. The van der Waals surface area contributed by atoms with Crippen LogP contribution >= 0.6 is 23.2 Å². The predicted molar refractivity (Wildman–Crippen MR) is 59.6 cm³/mol. The van der Waals surface area contributed by atoms with Crippen LogP contribution in [0.15, 0.2) is 24.4 Å². The molecule has 0 radical (unpaired) electrons. The zero-order valence-electron chi connectivity index (χ0n) is 7.58. The molecule has 0 atom stereocenters. The fourth-order valence-corrected chi connectivity index (χ4v) is 2.09. The standard InChI is InChI=1S/C10H7Cl2NO2/c11-7-3-1-2-6-8(12)4-13(10(6)7)5-9(14)15/h1-4H,5H2,(H,14,15). The summed E-state index contributed by atoms with van der Waals surface area (Å²) in [4.78, 5) is 10.6. The third-order valence-electron chi connectivity index (χ3n) is 2.11. The topological polar surface area (TPSA) is 42.2 Å². The molecule has 5 heteroatoms. The van der Waals surface area contributed by atoms with Gasteiger partial charge in [-0.05, 0) is 6.07 Å². The van der Waals surface area contributed by atoms with E-state index in [1.807, 2.05) is 6.07 Å². The number of halogens is 2. The number of hydrogen-bond acceptors (Lipinski definition) is 1. The summed E-state index contributed by atoms with van der Waals surface area (Å²) in [6.07, 6.45) is 1.58. The minimum atomic E-state index is -0.927. The predicted octanol–water partition coefficient (Wildman–Crippen LogP) is 3.03. The highest BCUT2D eigenvalue weighted by molar-refractivity contribution is 6.39. The number of aromatic nitrogens is 1. The van der Waals surface area contributed by atoms with Crippen LogP contribution in [0.2, 0.25) is 10.0 Å². The van der Waals surface area contributed by atoms with Crippen molar-refractivity contribution in [3.05, 3.63) is 34.4 Å². The molecule has 3 nitrogen and oxygen atoms in total. The second-order valence-corrected chi connectivity index (χ2v) is 3.95. The van der Waals surface area contributed by atoms with Crippen molar-refractivity contribution < 1.29 is 9.90 Å². The number of nitrogens with zero attached hydrogens (tertiary/aromatic N) is 1. The Morgan fingerprint density at radius 1 is 1.33 bits per heavy atom. The molecule has 1 aromatic carbocycles. The molecule has 0 amide bonds. The van der Waals surface area contributed by atoms with E-state index in [-0.39, 0.29) is 6.54 Å². The third kappa shape index (κ3) is 1.80. The maximum absolute atomic E-state index is 10.6. The Labute approximate surface area is 95.8 Å². The van der Waals surface area contributed by atoms with E-state index >= 15 is 0 Å². The van der Waals surface area contributed by atoms with Gasteiger partial charge in [-0.15, -0.1) is 0 Å². The van der Waals surface area contributed by atoms with Gasteiger partial charge in [-0.2, -0.15) is 0 Å². The molecule has 0 aliphatic rings. The summed E-state index contributed by atoms with van der Waals surface area (Å²) in [5.41, 5.74) is 0.659. The molecule has 2 rings (SSSR count). The number of aliphatic carboxylic acids is 1. The van der Waals surface area contributed by atoms with Crippen molar-refractivity contribution >= 4 is 40.1 Å². The summed E-state index contributed by atoms with van der Waals surface area (Å²) in [5, 5.41) is 10.5. The molecule has 78 valence electrons. The van der Waals surface area contributed by atoms with E-state index in [0.29, 0.717) is 15.6 Å². The Balaban J connectivity index is 2.70. The van der Waals surface area contributed by atoms with E-state index in [1.54, 1.807) is 18.3 Å². The first-order valence-electron chi connectivity index (χ1n) is 4.24. The van der Waals surface area contributed by atoms with Crippen LogP contribution in [0.5, 0.6) is 0 Å². The van der Waals surface area contributed by atoms with Gasteiger partial charge in [-0.1, -0.05) is 35.3 Å². The van der Waals surface area contributed by atoms with Crippen molar-refractivity contribution in [2.24, 2.45) is 0 Å². The highest BCUT2D eigenvalue weighted by Crippen LogP contribution is 2.30. The maximum Gasteiger partial charge on any atom is 0.323 e. The Hall–Kier alpha value is -1.19.